The Labute approximate surface area is 152 Å². The van der Waals surface area contributed by atoms with Gasteiger partial charge in [-0.15, -0.1) is 12.6 Å². The Bertz CT molecular complexity index is 1010. The zero-order valence-electron chi connectivity index (χ0n) is 13.7. The second kappa shape index (κ2) is 6.99. The highest BCUT2D eigenvalue weighted by Gasteiger charge is 2.19. The van der Waals surface area contributed by atoms with E-state index in [0.717, 1.165) is 33.8 Å². The monoisotopic (exact) mass is 344 g/mol. The van der Waals surface area contributed by atoms with Crippen molar-refractivity contribution in [3.05, 3.63) is 96.7 Å². The van der Waals surface area contributed by atoms with Crippen LogP contribution in [0.5, 0.6) is 11.6 Å². The van der Waals surface area contributed by atoms with Gasteiger partial charge in [0.15, 0.2) is 12.7 Å². The van der Waals surface area contributed by atoms with Crippen molar-refractivity contribution in [2.45, 2.75) is 11.4 Å². The summed E-state index contributed by atoms with van der Waals surface area (Å²) in [5.41, 5.74) is 1.23. The molecule has 1 heterocycles. The lowest BCUT2D eigenvalue weighted by atomic mass is 10.1. The SMILES string of the molecule is Sc1ccccc1Oc1c2ccccc2cc[n+]1Cc1ccccc1. The quantitative estimate of drug-likeness (QED) is 0.394. The molecule has 0 saturated heterocycles. The van der Waals surface area contributed by atoms with Gasteiger partial charge in [-0.2, -0.15) is 4.57 Å². The van der Waals surface area contributed by atoms with Gasteiger partial charge in [0, 0.05) is 16.5 Å². The fourth-order valence-electron chi connectivity index (χ4n) is 2.90. The number of benzene rings is 3. The molecule has 0 saturated carbocycles. The van der Waals surface area contributed by atoms with E-state index in [0.29, 0.717) is 0 Å². The van der Waals surface area contributed by atoms with Crippen LogP contribution in [-0.2, 0) is 6.54 Å². The summed E-state index contributed by atoms with van der Waals surface area (Å²) >= 11 is 4.52. The molecule has 0 aliphatic rings. The number of fused-ring (bicyclic) bond motifs is 1. The molecular weight excluding hydrogens is 326 g/mol. The second-order valence-corrected chi connectivity index (χ2v) is 6.37. The van der Waals surface area contributed by atoms with Crippen molar-refractivity contribution < 1.29 is 9.30 Å². The van der Waals surface area contributed by atoms with E-state index in [1.54, 1.807) is 0 Å². The minimum atomic E-state index is 0.746. The van der Waals surface area contributed by atoms with Crippen molar-refractivity contribution >= 4 is 23.4 Å². The number of para-hydroxylation sites is 1. The Morgan fingerprint density at radius 3 is 2.32 bits per heavy atom. The predicted octanol–water partition coefficient (Wildman–Crippen LogP) is 5.26. The molecular formula is C22H18NOS+. The van der Waals surface area contributed by atoms with Crippen LogP contribution in [0.15, 0.2) is 96.0 Å². The molecule has 0 fully saturated rings. The van der Waals surface area contributed by atoms with Crippen molar-refractivity contribution in [1.82, 2.24) is 0 Å². The first kappa shape index (κ1) is 15.7. The normalized spacial score (nSPS) is 10.8. The maximum atomic E-state index is 6.31. The van der Waals surface area contributed by atoms with Crippen LogP contribution < -0.4 is 9.30 Å². The molecule has 0 radical (unpaired) electrons. The molecule has 0 aliphatic carbocycles. The van der Waals surface area contributed by atoms with E-state index in [1.807, 2.05) is 42.5 Å². The van der Waals surface area contributed by atoms with E-state index in [4.69, 9.17) is 4.74 Å². The van der Waals surface area contributed by atoms with E-state index < -0.39 is 0 Å². The van der Waals surface area contributed by atoms with Crippen LogP contribution in [0.2, 0.25) is 0 Å². The van der Waals surface area contributed by atoms with Gasteiger partial charge in [0.1, 0.15) is 5.75 Å². The number of pyridine rings is 1. The average Bonchev–Trinajstić information content (AvgIpc) is 2.66. The molecule has 0 bridgehead atoms. The van der Waals surface area contributed by atoms with Crippen LogP contribution in [-0.4, -0.2) is 0 Å². The van der Waals surface area contributed by atoms with Crippen molar-refractivity contribution in [1.29, 1.82) is 0 Å². The Hall–Kier alpha value is -2.78. The molecule has 0 unspecified atom stereocenters. The second-order valence-electron chi connectivity index (χ2n) is 5.89. The zero-order valence-corrected chi connectivity index (χ0v) is 14.6. The summed E-state index contributed by atoms with van der Waals surface area (Å²) in [4.78, 5) is 0.821. The summed E-state index contributed by atoms with van der Waals surface area (Å²) in [5.74, 6) is 1.58. The minimum absolute atomic E-state index is 0.746. The molecule has 0 N–H and O–H groups in total. The number of hydrogen-bond acceptors (Lipinski definition) is 2. The highest BCUT2D eigenvalue weighted by Crippen LogP contribution is 2.30. The first-order valence-corrected chi connectivity index (χ1v) is 8.67. The molecule has 4 aromatic rings. The van der Waals surface area contributed by atoms with Crippen molar-refractivity contribution in [2.75, 3.05) is 0 Å². The van der Waals surface area contributed by atoms with E-state index in [2.05, 4.69) is 65.9 Å². The molecule has 0 atom stereocenters. The van der Waals surface area contributed by atoms with Crippen LogP contribution in [0.25, 0.3) is 10.8 Å². The topological polar surface area (TPSA) is 13.1 Å². The highest BCUT2D eigenvalue weighted by molar-refractivity contribution is 7.80. The van der Waals surface area contributed by atoms with Crippen molar-refractivity contribution in [3.8, 4) is 11.6 Å². The smallest absolute Gasteiger partial charge is 0.381 e. The van der Waals surface area contributed by atoms with Crippen LogP contribution in [0.1, 0.15) is 5.56 Å². The first-order valence-electron chi connectivity index (χ1n) is 8.22. The van der Waals surface area contributed by atoms with Gasteiger partial charge in [-0.05, 0) is 23.6 Å². The van der Waals surface area contributed by atoms with Gasteiger partial charge in [-0.25, -0.2) is 0 Å². The summed E-state index contributed by atoms with van der Waals surface area (Å²) in [7, 11) is 0. The Morgan fingerprint density at radius 2 is 1.48 bits per heavy atom. The molecule has 0 spiro atoms. The number of thiol groups is 1. The highest BCUT2D eigenvalue weighted by atomic mass is 32.1. The average molecular weight is 344 g/mol. The molecule has 3 heteroatoms. The van der Waals surface area contributed by atoms with Gasteiger partial charge in [0.05, 0.1) is 5.39 Å². The number of rotatable bonds is 4. The predicted molar refractivity (Wildman–Crippen MR) is 103 cm³/mol. The third kappa shape index (κ3) is 3.37. The third-order valence-electron chi connectivity index (χ3n) is 4.15. The van der Waals surface area contributed by atoms with E-state index in [1.165, 1.54) is 5.56 Å². The lowest BCUT2D eigenvalue weighted by molar-refractivity contribution is -0.691. The van der Waals surface area contributed by atoms with Crippen LogP contribution in [0.3, 0.4) is 0 Å². The summed E-state index contributed by atoms with van der Waals surface area (Å²) in [5, 5.41) is 2.23. The van der Waals surface area contributed by atoms with Crippen LogP contribution >= 0.6 is 12.6 Å². The molecule has 4 rings (SSSR count). The minimum Gasteiger partial charge on any atom is -0.403 e. The summed E-state index contributed by atoms with van der Waals surface area (Å²) in [6.45, 7) is 0.746. The van der Waals surface area contributed by atoms with Crippen molar-refractivity contribution in [3.63, 3.8) is 0 Å². The van der Waals surface area contributed by atoms with Gasteiger partial charge >= 0.3 is 5.88 Å². The zero-order chi connectivity index (χ0) is 17.1. The molecule has 25 heavy (non-hydrogen) atoms. The number of aromatic nitrogens is 1. The third-order valence-corrected chi connectivity index (χ3v) is 4.52. The Morgan fingerprint density at radius 1 is 0.760 bits per heavy atom. The fourth-order valence-corrected chi connectivity index (χ4v) is 3.10. The van der Waals surface area contributed by atoms with Gasteiger partial charge in [0.25, 0.3) is 0 Å². The van der Waals surface area contributed by atoms with Crippen LogP contribution in [0, 0.1) is 0 Å². The molecule has 0 aliphatic heterocycles. The Balaban J connectivity index is 1.83. The summed E-state index contributed by atoms with van der Waals surface area (Å²) in [6.07, 6.45) is 2.08. The molecule has 122 valence electrons. The van der Waals surface area contributed by atoms with E-state index >= 15 is 0 Å². The molecule has 3 aromatic carbocycles. The maximum absolute atomic E-state index is 6.31. The van der Waals surface area contributed by atoms with Crippen LogP contribution in [0.4, 0.5) is 0 Å². The molecule has 1 aromatic heterocycles. The standard InChI is InChI=1S/C22H17NOS/c25-21-13-7-6-12-20(21)24-22-19-11-5-4-10-18(19)14-15-23(22)16-17-8-2-1-3-9-17/h1-15H,16H2/p+1. The number of ether oxygens (including phenoxy) is 1. The number of hydrogen-bond donors (Lipinski definition) is 1. The lowest BCUT2D eigenvalue weighted by Crippen LogP contribution is -2.35. The largest absolute Gasteiger partial charge is 0.403 e. The molecule has 2 nitrogen and oxygen atoms in total. The van der Waals surface area contributed by atoms with Gasteiger partial charge in [-0.3, -0.25) is 0 Å². The van der Waals surface area contributed by atoms with Gasteiger partial charge in [-0.1, -0.05) is 60.7 Å². The van der Waals surface area contributed by atoms with Crippen molar-refractivity contribution in [2.24, 2.45) is 0 Å². The summed E-state index contributed by atoms with van der Waals surface area (Å²) in [6, 6.07) is 28.6. The first-order chi connectivity index (χ1) is 12.3. The molecule has 0 amide bonds. The Kier molecular flexibility index (Phi) is 4.40. The summed E-state index contributed by atoms with van der Waals surface area (Å²) < 4.78 is 8.45. The maximum Gasteiger partial charge on any atom is 0.381 e. The van der Waals surface area contributed by atoms with Gasteiger partial charge < -0.3 is 4.74 Å². The number of nitrogens with zero attached hydrogens (tertiary/aromatic N) is 1. The lowest BCUT2D eigenvalue weighted by Gasteiger charge is -2.10. The van der Waals surface area contributed by atoms with E-state index in [-0.39, 0.29) is 0 Å². The van der Waals surface area contributed by atoms with Gasteiger partial charge in [0.2, 0.25) is 0 Å². The fraction of sp³-hybridized carbons (Fsp3) is 0.0455. The van der Waals surface area contributed by atoms with E-state index in [9.17, 15) is 0 Å².